The van der Waals surface area contributed by atoms with E-state index in [4.69, 9.17) is 15.0 Å². The highest BCUT2D eigenvalue weighted by molar-refractivity contribution is 6.10. The quantitative estimate of drug-likeness (QED) is 0.196. The average Bonchev–Trinajstić information content (AvgIpc) is 3.44. The zero-order valence-corrected chi connectivity index (χ0v) is 26.0. The summed E-state index contributed by atoms with van der Waals surface area (Å²) in [4.78, 5) is 15.3. The molecule has 2 heterocycles. The molecule has 5 nitrogen and oxygen atoms in total. The van der Waals surface area contributed by atoms with E-state index in [2.05, 4.69) is 79.1 Å². The van der Waals surface area contributed by atoms with Crippen LogP contribution in [0.3, 0.4) is 0 Å². The third-order valence-corrected chi connectivity index (χ3v) is 8.60. The van der Waals surface area contributed by atoms with Gasteiger partial charge < -0.3 is 4.57 Å². The van der Waals surface area contributed by atoms with Gasteiger partial charge in [-0.1, -0.05) is 103 Å². The van der Waals surface area contributed by atoms with E-state index in [1.807, 2.05) is 84.9 Å². The van der Waals surface area contributed by atoms with E-state index in [0.29, 0.717) is 23.0 Å². The highest BCUT2D eigenvalue weighted by Crippen LogP contribution is 2.39. The molecule has 8 rings (SSSR count). The summed E-state index contributed by atoms with van der Waals surface area (Å²) in [5.41, 5.74) is 10.9. The average molecular weight is 604 g/mol. The monoisotopic (exact) mass is 603 g/mol. The Morgan fingerprint density at radius 2 is 1.00 bits per heavy atom. The summed E-state index contributed by atoms with van der Waals surface area (Å²) < 4.78 is 2.34. The topological polar surface area (TPSA) is 67.4 Å². The lowest BCUT2D eigenvalue weighted by molar-refractivity contribution is 1.06. The molecule has 0 aliphatic heterocycles. The molecular weight excluding hydrogens is 574 g/mol. The van der Waals surface area contributed by atoms with Gasteiger partial charge in [0.05, 0.1) is 28.4 Å². The van der Waals surface area contributed by atoms with Crippen LogP contribution in [-0.2, 0) is 0 Å². The minimum atomic E-state index is 0.582. The van der Waals surface area contributed by atoms with Crippen LogP contribution >= 0.6 is 0 Å². The Morgan fingerprint density at radius 3 is 1.53 bits per heavy atom. The van der Waals surface area contributed by atoms with Crippen LogP contribution in [0.15, 0.2) is 140 Å². The molecule has 0 unspecified atom stereocenters. The Labute approximate surface area is 273 Å². The number of benzene rings is 6. The Balaban J connectivity index is 1.46. The Bertz CT molecular complexity index is 2350. The van der Waals surface area contributed by atoms with Gasteiger partial charge in [0.25, 0.3) is 0 Å². The van der Waals surface area contributed by atoms with Gasteiger partial charge in [-0.05, 0) is 72.5 Å². The minimum Gasteiger partial charge on any atom is -0.308 e. The van der Waals surface area contributed by atoms with E-state index in [9.17, 15) is 5.26 Å². The number of rotatable bonds is 5. The number of aromatic nitrogens is 4. The van der Waals surface area contributed by atoms with Crippen molar-refractivity contribution in [3.8, 4) is 57.0 Å². The van der Waals surface area contributed by atoms with Gasteiger partial charge in [-0.3, -0.25) is 0 Å². The molecule has 5 heteroatoms. The zero-order valence-electron chi connectivity index (χ0n) is 26.0. The van der Waals surface area contributed by atoms with Crippen molar-refractivity contribution in [2.45, 2.75) is 13.8 Å². The highest BCUT2D eigenvalue weighted by atomic mass is 15.1. The van der Waals surface area contributed by atoms with Crippen molar-refractivity contribution in [3.63, 3.8) is 0 Å². The van der Waals surface area contributed by atoms with Crippen LogP contribution < -0.4 is 0 Å². The number of hydrogen-bond acceptors (Lipinski definition) is 4. The highest BCUT2D eigenvalue weighted by Gasteiger charge is 2.20. The fourth-order valence-corrected chi connectivity index (χ4v) is 6.25. The van der Waals surface area contributed by atoms with Gasteiger partial charge in [-0.15, -0.1) is 0 Å². The fourth-order valence-electron chi connectivity index (χ4n) is 6.25. The maximum atomic E-state index is 9.41. The van der Waals surface area contributed by atoms with Gasteiger partial charge in [0.15, 0.2) is 17.5 Å². The summed E-state index contributed by atoms with van der Waals surface area (Å²) in [7, 11) is 0. The Morgan fingerprint density at radius 1 is 0.489 bits per heavy atom. The first-order chi connectivity index (χ1) is 23.1. The van der Waals surface area contributed by atoms with Crippen molar-refractivity contribution >= 4 is 21.8 Å². The molecular formula is C42H29N5. The molecule has 0 amide bonds. The second-order valence-corrected chi connectivity index (χ2v) is 11.8. The standard InChI is InChI=1S/C42H29N5/c1-27-13-20-34-35-21-14-28(2)24-39(35)47(38(34)23-27)37-22-19-33(30-17-15-29(26-43)16-18-30)25-36(37)42-45-40(31-9-5-3-6-10-31)44-41(46-42)32-11-7-4-8-12-32/h3-25H,1-2H3. The van der Waals surface area contributed by atoms with Gasteiger partial charge in [0.1, 0.15) is 0 Å². The number of aryl methyl sites for hydroxylation is 2. The number of nitriles is 1. The Kier molecular flexibility index (Phi) is 6.89. The molecule has 0 aliphatic carbocycles. The molecule has 222 valence electrons. The van der Waals surface area contributed by atoms with Crippen LogP contribution in [-0.4, -0.2) is 19.5 Å². The summed E-state index contributed by atoms with van der Waals surface area (Å²) >= 11 is 0. The lowest BCUT2D eigenvalue weighted by atomic mass is 10.00. The molecule has 6 aromatic carbocycles. The van der Waals surface area contributed by atoms with Crippen molar-refractivity contribution in [2.75, 3.05) is 0 Å². The predicted octanol–water partition coefficient (Wildman–Crippen LogP) is 10.1. The second kappa shape index (κ2) is 11.5. The third-order valence-electron chi connectivity index (χ3n) is 8.60. The number of nitrogens with zero attached hydrogens (tertiary/aromatic N) is 5. The molecule has 2 aromatic heterocycles. The largest absolute Gasteiger partial charge is 0.308 e. The molecule has 0 bridgehead atoms. The molecule has 0 saturated carbocycles. The van der Waals surface area contributed by atoms with Crippen LogP contribution in [0.25, 0.3) is 72.8 Å². The van der Waals surface area contributed by atoms with Gasteiger partial charge in [-0.25, -0.2) is 15.0 Å². The van der Waals surface area contributed by atoms with Crippen LogP contribution in [0, 0.1) is 25.2 Å². The molecule has 8 aromatic rings. The molecule has 0 radical (unpaired) electrons. The molecule has 0 N–H and O–H groups in total. The van der Waals surface area contributed by atoms with E-state index in [1.165, 1.54) is 21.9 Å². The maximum absolute atomic E-state index is 9.41. The summed E-state index contributed by atoms with van der Waals surface area (Å²) in [6, 6.07) is 49.8. The van der Waals surface area contributed by atoms with E-state index < -0.39 is 0 Å². The lowest BCUT2D eigenvalue weighted by Gasteiger charge is -2.16. The number of hydrogen-bond donors (Lipinski definition) is 0. The SMILES string of the molecule is Cc1ccc2c3ccc(C)cc3n(-c3ccc(-c4ccc(C#N)cc4)cc3-c3nc(-c4ccccc4)nc(-c4ccccc4)n3)c2c1. The first-order valence-electron chi connectivity index (χ1n) is 15.6. The minimum absolute atomic E-state index is 0.582. The fraction of sp³-hybridized carbons (Fsp3) is 0.0476. The first-order valence-corrected chi connectivity index (χ1v) is 15.6. The second-order valence-electron chi connectivity index (χ2n) is 11.8. The maximum Gasteiger partial charge on any atom is 0.166 e. The molecule has 0 saturated heterocycles. The van der Waals surface area contributed by atoms with Crippen molar-refractivity contribution in [1.29, 1.82) is 5.26 Å². The van der Waals surface area contributed by atoms with Gasteiger partial charge in [-0.2, -0.15) is 5.26 Å². The van der Waals surface area contributed by atoms with Crippen LogP contribution in [0.2, 0.25) is 0 Å². The van der Waals surface area contributed by atoms with Crippen molar-refractivity contribution in [3.05, 3.63) is 156 Å². The third kappa shape index (κ3) is 5.12. The van der Waals surface area contributed by atoms with E-state index in [0.717, 1.165) is 44.5 Å². The van der Waals surface area contributed by atoms with Crippen LogP contribution in [0.4, 0.5) is 0 Å². The van der Waals surface area contributed by atoms with Crippen LogP contribution in [0.1, 0.15) is 16.7 Å². The van der Waals surface area contributed by atoms with Crippen molar-refractivity contribution < 1.29 is 0 Å². The summed E-state index contributed by atoms with van der Waals surface area (Å²) in [6.45, 7) is 4.26. The zero-order chi connectivity index (χ0) is 31.9. The van der Waals surface area contributed by atoms with Gasteiger partial charge in [0, 0.05) is 27.5 Å². The van der Waals surface area contributed by atoms with Crippen molar-refractivity contribution in [1.82, 2.24) is 19.5 Å². The van der Waals surface area contributed by atoms with Crippen molar-refractivity contribution in [2.24, 2.45) is 0 Å². The molecule has 0 spiro atoms. The predicted molar refractivity (Wildman–Crippen MR) is 190 cm³/mol. The summed E-state index contributed by atoms with van der Waals surface area (Å²) in [5.74, 6) is 1.80. The van der Waals surface area contributed by atoms with Gasteiger partial charge in [0.2, 0.25) is 0 Å². The first kappa shape index (κ1) is 28.1. The molecule has 0 atom stereocenters. The van der Waals surface area contributed by atoms with Gasteiger partial charge >= 0.3 is 0 Å². The van der Waals surface area contributed by atoms with E-state index >= 15 is 0 Å². The Hall–Kier alpha value is -6.38. The molecule has 0 fully saturated rings. The van der Waals surface area contributed by atoms with Crippen LogP contribution in [0.5, 0.6) is 0 Å². The smallest absolute Gasteiger partial charge is 0.166 e. The normalized spacial score (nSPS) is 11.2. The molecule has 47 heavy (non-hydrogen) atoms. The molecule has 0 aliphatic rings. The number of fused-ring (bicyclic) bond motifs is 3. The summed E-state index contributed by atoms with van der Waals surface area (Å²) in [5, 5.41) is 11.8. The van der Waals surface area contributed by atoms with E-state index in [1.54, 1.807) is 0 Å². The lowest BCUT2D eigenvalue weighted by Crippen LogP contribution is -2.04. The van der Waals surface area contributed by atoms with E-state index in [-0.39, 0.29) is 0 Å². The summed E-state index contributed by atoms with van der Waals surface area (Å²) in [6.07, 6.45) is 0.